The van der Waals surface area contributed by atoms with Crippen LogP contribution in [0.15, 0.2) is 18.2 Å². The predicted octanol–water partition coefficient (Wildman–Crippen LogP) is 3.89. The zero-order chi connectivity index (χ0) is 13.0. The summed E-state index contributed by atoms with van der Waals surface area (Å²) in [5.41, 5.74) is 0.467. The Bertz CT molecular complexity index is 387. The molecule has 1 fully saturated rings. The van der Waals surface area contributed by atoms with Crippen LogP contribution in [0.4, 0.5) is 11.6 Å². The third-order valence-electron chi connectivity index (χ3n) is 3.66. The zero-order valence-corrected chi connectivity index (χ0v) is 11.8. The number of aromatic nitrogens is 1. The van der Waals surface area contributed by atoms with Crippen molar-refractivity contribution in [2.75, 3.05) is 17.2 Å². The van der Waals surface area contributed by atoms with E-state index in [9.17, 15) is 0 Å². The summed E-state index contributed by atoms with van der Waals surface area (Å²) in [6.45, 7) is 7.73. The van der Waals surface area contributed by atoms with Crippen LogP contribution in [0.25, 0.3) is 0 Å². The molecule has 3 heteroatoms. The molecule has 0 radical (unpaired) electrons. The molecule has 0 aromatic carbocycles. The van der Waals surface area contributed by atoms with Gasteiger partial charge in [0.25, 0.3) is 0 Å². The number of pyridine rings is 1. The first-order valence-electron chi connectivity index (χ1n) is 7.06. The molecular weight excluding hydrogens is 222 g/mol. The van der Waals surface area contributed by atoms with Crippen molar-refractivity contribution in [1.29, 1.82) is 0 Å². The summed E-state index contributed by atoms with van der Waals surface area (Å²) in [5.74, 6) is 1.95. The topological polar surface area (TPSA) is 37.0 Å². The number of nitrogens with one attached hydrogen (secondary N) is 2. The number of anilines is 2. The van der Waals surface area contributed by atoms with Crippen LogP contribution >= 0.6 is 0 Å². The van der Waals surface area contributed by atoms with Gasteiger partial charge in [-0.25, -0.2) is 4.98 Å². The molecule has 100 valence electrons. The van der Waals surface area contributed by atoms with Crippen molar-refractivity contribution >= 4 is 11.6 Å². The van der Waals surface area contributed by atoms with Gasteiger partial charge in [0.05, 0.1) is 0 Å². The monoisotopic (exact) mass is 247 g/mol. The van der Waals surface area contributed by atoms with Gasteiger partial charge >= 0.3 is 0 Å². The molecule has 0 saturated heterocycles. The zero-order valence-electron chi connectivity index (χ0n) is 11.8. The Hall–Kier alpha value is -1.25. The standard InChI is InChI=1S/C15H25N3/c1-4-16-13-8-5-9-14(18-13)17-12-7-6-10-15(2,3)11-12/h5,8-9,12H,4,6-7,10-11H2,1-3H3,(H2,16,17,18). The average molecular weight is 247 g/mol. The molecule has 0 amide bonds. The van der Waals surface area contributed by atoms with Crippen LogP contribution in [0.1, 0.15) is 46.5 Å². The quantitative estimate of drug-likeness (QED) is 0.847. The predicted molar refractivity (Wildman–Crippen MR) is 78.1 cm³/mol. The molecule has 1 aromatic rings. The molecule has 1 unspecified atom stereocenters. The molecule has 1 atom stereocenters. The van der Waals surface area contributed by atoms with E-state index in [1.165, 1.54) is 25.7 Å². The third kappa shape index (κ3) is 3.62. The lowest BCUT2D eigenvalue weighted by atomic mass is 9.75. The molecule has 1 saturated carbocycles. The Morgan fingerprint density at radius 1 is 1.33 bits per heavy atom. The second-order valence-electron chi connectivity index (χ2n) is 6.04. The maximum absolute atomic E-state index is 4.58. The average Bonchev–Trinajstić information content (AvgIpc) is 2.28. The maximum atomic E-state index is 4.58. The van der Waals surface area contributed by atoms with E-state index in [0.29, 0.717) is 11.5 Å². The van der Waals surface area contributed by atoms with Gasteiger partial charge in [-0.05, 0) is 43.7 Å². The molecule has 0 spiro atoms. The van der Waals surface area contributed by atoms with Gasteiger partial charge in [0.15, 0.2) is 0 Å². The van der Waals surface area contributed by atoms with E-state index in [2.05, 4.69) is 48.5 Å². The largest absolute Gasteiger partial charge is 0.370 e. The molecule has 1 aliphatic carbocycles. The van der Waals surface area contributed by atoms with Gasteiger partial charge in [0.1, 0.15) is 11.6 Å². The van der Waals surface area contributed by atoms with E-state index in [-0.39, 0.29) is 0 Å². The number of nitrogens with zero attached hydrogens (tertiary/aromatic N) is 1. The highest BCUT2D eigenvalue weighted by Crippen LogP contribution is 2.36. The first-order chi connectivity index (χ1) is 8.59. The summed E-state index contributed by atoms with van der Waals surface area (Å²) in [6, 6.07) is 6.70. The summed E-state index contributed by atoms with van der Waals surface area (Å²) in [6.07, 6.45) is 5.16. The summed E-state index contributed by atoms with van der Waals surface area (Å²) >= 11 is 0. The molecule has 2 N–H and O–H groups in total. The van der Waals surface area contributed by atoms with E-state index in [1.54, 1.807) is 0 Å². The normalized spacial score (nSPS) is 22.5. The first-order valence-corrected chi connectivity index (χ1v) is 7.06. The lowest BCUT2D eigenvalue weighted by Crippen LogP contribution is -2.32. The molecule has 2 rings (SSSR count). The number of rotatable bonds is 4. The lowest BCUT2D eigenvalue weighted by Gasteiger charge is -2.35. The van der Waals surface area contributed by atoms with Crippen LogP contribution in [0.2, 0.25) is 0 Å². The van der Waals surface area contributed by atoms with E-state index in [0.717, 1.165) is 18.2 Å². The van der Waals surface area contributed by atoms with Crippen molar-refractivity contribution in [1.82, 2.24) is 4.98 Å². The summed E-state index contributed by atoms with van der Waals surface area (Å²) < 4.78 is 0. The Labute approximate surface area is 110 Å². The Kier molecular flexibility index (Phi) is 4.10. The second kappa shape index (κ2) is 5.59. The molecule has 0 bridgehead atoms. The van der Waals surface area contributed by atoms with Crippen molar-refractivity contribution in [3.8, 4) is 0 Å². The minimum Gasteiger partial charge on any atom is -0.370 e. The van der Waals surface area contributed by atoms with Crippen LogP contribution in [0, 0.1) is 5.41 Å². The lowest BCUT2D eigenvalue weighted by molar-refractivity contribution is 0.229. The summed E-state index contributed by atoms with van der Waals surface area (Å²) in [7, 11) is 0. The van der Waals surface area contributed by atoms with Gasteiger partial charge in [-0.3, -0.25) is 0 Å². The van der Waals surface area contributed by atoms with Crippen LogP contribution in [0.3, 0.4) is 0 Å². The number of hydrogen-bond acceptors (Lipinski definition) is 3. The van der Waals surface area contributed by atoms with Gasteiger partial charge in [0, 0.05) is 12.6 Å². The fourth-order valence-electron chi connectivity index (χ4n) is 2.83. The minimum absolute atomic E-state index is 0.467. The van der Waals surface area contributed by atoms with Gasteiger partial charge < -0.3 is 10.6 Å². The first kappa shape index (κ1) is 13.2. The molecule has 0 aliphatic heterocycles. The molecule has 1 aliphatic rings. The third-order valence-corrected chi connectivity index (χ3v) is 3.66. The van der Waals surface area contributed by atoms with Crippen molar-refractivity contribution in [2.24, 2.45) is 5.41 Å². The van der Waals surface area contributed by atoms with Crippen molar-refractivity contribution in [3.05, 3.63) is 18.2 Å². The van der Waals surface area contributed by atoms with Crippen molar-refractivity contribution in [2.45, 2.75) is 52.5 Å². The van der Waals surface area contributed by atoms with E-state index in [4.69, 9.17) is 0 Å². The van der Waals surface area contributed by atoms with Crippen molar-refractivity contribution < 1.29 is 0 Å². The molecule has 1 heterocycles. The van der Waals surface area contributed by atoms with E-state index in [1.807, 2.05) is 6.07 Å². The minimum atomic E-state index is 0.467. The fourth-order valence-corrected chi connectivity index (χ4v) is 2.83. The Morgan fingerprint density at radius 2 is 2.11 bits per heavy atom. The van der Waals surface area contributed by atoms with Crippen LogP contribution in [-0.4, -0.2) is 17.6 Å². The summed E-state index contributed by atoms with van der Waals surface area (Å²) in [4.78, 5) is 4.58. The highest BCUT2D eigenvalue weighted by Gasteiger charge is 2.27. The van der Waals surface area contributed by atoms with Gasteiger partial charge in [-0.1, -0.05) is 26.3 Å². The van der Waals surface area contributed by atoms with Crippen LogP contribution in [-0.2, 0) is 0 Å². The molecule has 1 aromatic heterocycles. The van der Waals surface area contributed by atoms with E-state index < -0.39 is 0 Å². The SMILES string of the molecule is CCNc1cccc(NC2CCCC(C)(C)C2)n1. The molecular formula is C15H25N3. The summed E-state index contributed by atoms with van der Waals surface area (Å²) in [5, 5.41) is 6.83. The van der Waals surface area contributed by atoms with Crippen molar-refractivity contribution in [3.63, 3.8) is 0 Å². The van der Waals surface area contributed by atoms with Gasteiger partial charge in [-0.2, -0.15) is 0 Å². The Morgan fingerprint density at radius 3 is 2.83 bits per heavy atom. The smallest absolute Gasteiger partial charge is 0.128 e. The van der Waals surface area contributed by atoms with Gasteiger partial charge in [0.2, 0.25) is 0 Å². The fraction of sp³-hybridized carbons (Fsp3) is 0.667. The highest BCUT2D eigenvalue weighted by molar-refractivity contribution is 5.45. The Balaban J connectivity index is 1.98. The maximum Gasteiger partial charge on any atom is 0.128 e. The van der Waals surface area contributed by atoms with Crippen LogP contribution < -0.4 is 10.6 Å². The molecule has 18 heavy (non-hydrogen) atoms. The second-order valence-corrected chi connectivity index (χ2v) is 6.04. The number of hydrogen-bond donors (Lipinski definition) is 2. The molecule has 3 nitrogen and oxygen atoms in total. The van der Waals surface area contributed by atoms with Gasteiger partial charge in [-0.15, -0.1) is 0 Å². The van der Waals surface area contributed by atoms with Crippen LogP contribution in [0.5, 0.6) is 0 Å². The van der Waals surface area contributed by atoms with E-state index >= 15 is 0 Å². The highest BCUT2D eigenvalue weighted by atomic mass is 15.1.